The Morgan fingerprint density at radius 1 is 1.03 bits per heavy atom. The Kier molecular flexibility index (Phi) is 6.40. The highest BCUT2D eigenvalue weighted by Crippen LogP contribution is 2.24. The van der Waals surface area contributed by atoms with Crippen molar-refractivity contribution in [1.29, 1.82) is 0 Å². The molecule has 0 bridgehead atoms. The molecule has 0 saturated carbocycles. The summed E-state index contributed by atoms with van der Waals surface area (Å²) in [4.78, 5) is 14.9. The molecule has 1 aromatic heterocycles. The number of hydrogen-bond acceptors (Lipinski definition) is 5. The normalized spacial score (nSPS) is 15.6. The Balaban J connectivity index is 1.47. The molecule has 1 saturated heterocycles. The first-order valence-electron chi connectivity index (χ1n) is 10.4. The summed E-state index contributed by atoms with van der Waals surface area (Å²) in [6.45, 7) is 5.21. The fourth-order valence-corrected chi connectivity index (χ4v) is 5.06. The first-order valence-corrected chi connectivity index (χ1v) is 11.8. The van der Waals surface area contributed by atoms with Crippen molar-refractivity contribution in [3.8, 4) is 11.3 Å². The van der Waals surface area contributed by atoms with Gasteiger partial charge in [-0.15, -0.1) is 0 Å². The van der Waals surface area contributed by atoms with Gasteiger partial charge in [0.25, 0.3) is 5.91 Å². The van der Waals surface area contributed by atoms with Gasteiger partial charge in [0.05, 0.1) is 4.90 Å². The molecule has 1 aliphatic heterocycles. The van der Waals surface area contributed by atoms with E-state index in [0.29, 0.717) is 43.2 Å². The molecule has 4 rings (SSSR count). The van der Waals surface area contributed by atoms with Crippen LogP contribution in [0.25, 0.3) is 11.3 Å². The van der Waals surface area contributed by atoms with Crippen LogP contribution in [0.15, 0.2) is 70.0 Å². The van der Waals surface area contributed by atoms with Crippen LogP contribution in [0.3, 0.4) is 0 Å². The lowest BCUT2D eigenvalue weighted by Gasteiger charge is -2.33. The number of furan rings is 1. The predicted molar refractivity (Wildman–Crippen MR) is 119 cm³/mol. The Morgan fingerprint density at radius 3 is 2.44 bits per heavy atom. The van der Waals surface area contributed by atoms with Crippen LogP contribution in [0.5, 0.6) is 0 Å². The number of nitrogens with one attached hydrogen (secondary N) is 1. The zero-order valence-electron chi connectivity index (χ0n) is 17.6. The topological polar surface area (TPSA) is 82.9 Å². The largest absolute Gasteiger partial charge is 0.451 e. The molecule has 7 nitrogen and oxygen atoms in total. The molecule has 3 aromatic rings. The van der Waals surface area contributed by atoms with E-state index >= 15 is 0 Å². The van der Waals surface area contributed by atoms with Crippen molar-refractivity contribution >= 4 is 21.6 Å². The molecule has 1 N–H and O–H groups in total. The Hall–Kier alpha value is -3.01. The van der Waals surface area contributed by atoms with Crippen molar-refractivity contribution in [2.45, 2.75) is 11.8 Å². The molecule has 1 amide bonds. The van der Waals surface area contributed by atoms with Crippen molar-refractivity contribution < 1.29 is 22.0 Å². The Morgan fingerprint density at radius 2 is 1.75 bits per heavy atom. The second-order valence-electron chi connectivity index (χ2n) is 7.49. The summed E-state index contributed by atoms with van der Waals surface area (Å²) in [5.41, 5.74) is 0.990. The van der Waals surface area contributed by atoms with Crippen LogP contribution in [0, 0.1) is 5.82 Å². The first-order chi connectivity index (χ1) is 15.4. The number of benzene rings is 2. The highest BCUT2D eigenvalue weighted by Gasteiger charge is 2.28. The van der Waals surface area contributed by atoms with Gasteiger partial charge in [-0.3, -0.25) is 4.79 Å². The average molecular weight is 458 g/mol. The van der Waals surface area contributed by atoms with Gasteiger partial charge in [0.1, 0.15) is 11.6 Å². The lowest BCUT2D eigenvalue weighted by Crippen LogP contribution is -2.48. The minimum Gasteiger partial charge on any atom is -0.451 e. The van der Waals surface area contributed by atoms with Crippen LogP contribution < -0.4 is 5.32 Å². The van der Waals surface area contributed by atoms with Crippen molar-refractivity contribution in [2.75, 3.05) is 38.0 Å². The highest BCUT2D eigenvalue weighted by atomic mass is 32.2. The minimum atomic E-state index is -3.65. The summed E-state index contributed by atoms with van der Waals surface area (Å²) in [6.07, 6.45) is 0. The van der Waals surface area contributed by atoms with Crippen LogP contribution in [-0.2, 0) is 10.0 Å². The van der Waals surface area contributed by atoms with Crippen LogP contribution >= 0.6 is 0 Å². The number of amides is 1. The van der Waals surface area contributed by atoms with Gasteiger partial charge in [-0.1, -0.05) is 13.0 Å². The van der Waals surface area contributed by atoms with Gasteiger partial charge in [0.2, 0.25) is 10.0 Å². The lowest BCUT2D eigenvalue weighted by atomic mass is 10.2. The van der Waals surface area contributed by atoms with Gasteiger partial charge in [0, 0.05) is 37.4 Å². The number of hydrogen-bond donors (Lipinski definition) is 1. The molecule has 0 radical (unpaired) electrons. The molecule has 0 unspecified atom stereocenters. The number of likely N-dealkylation sites (N-methyl/N-ethyl adjacent to an activating group) is 1. The zero-order chi connectivity index (χ0) is 22.7. The van der Waals surface area contributed by atoms with E-state index in [4.69, 9.17) is 4.42 Å². The van der Waals surface area contributed by atoms with E-state index in [1.165, 1.54) is 34.6 Å². The number of nitrogens with zero attached hydrogens (tertiary/aromatic N) is 2. The fourth-order valence-electron chi connectivity index (χ4n) is 3.59. The number of sulfonamides is 1. The molecule has 9 heteroatoms. The fraction of sp³-hybridized carbons (Fsp3) is 0.261. The molecule has 2 heterocycles. The number of rotatable bonds is 6. The van der Waals surface area contributed by atoms with Crippen molar-refractivity contribution in [3.05, 3.63) is 72.2 Å². The van der Waals surface area contributed by atoms with Gasteiger partial charge >= 0.3 is 0 Å². The number of halogens is 1. The molecule has 0 aliphatic carbocycles. The van der Waals surface area contributed by atoms with Crippen LogP contribution in [-0.4, -0.2) is 56.3 Å². The molecule has 2 aromatic carbocycles. The molecule has 0 atom stereocenters. The smallest absolute Gasteiger partial charge is 0.291 e. The zero-order valence-corrected chi connectivity index (χ0v) is 18.4. The maximum Gasteiger partial charge on any atom is 0.291 e. The van der Waals surface area contributed by atoms with E-state index in [9.17, 15) is 17.6 Å². The van der Waals surface area contributed by atoms with Gasteiger partial charge < -0.3 is 14.6 Å². The minimum absolute atomic E-state index is 0.0632. The summed E-state index contributed by atoms with van der Waals surface area (Å²) in [6, 6.07) is 15.1. The van der Waals surface area contributed by atoms with Gasteiger partial charge in [-0.05, 0) is 61.1 Å². The maximum absolute atomic E-state index is 13.1. The summed E-state index contributed by atoms with van der Waals surface area (Å²) < 4.78 is 46.2. The Labute approximate surface area is 186 Å². The van der Waals surface area contributed by atoms with Gasteiger partial charge in [0.15, 0.2) is 5.76 Å². The second kappa shape index (κ2) is 9.23. The summed E-state index contributed by atoms with van der Waals surface area (Å²) in [5.74, 6) is -0.379. The highest BCUT2D eigenvalue weighted by molar-refractivity contribution is 7.89. The molecule has 1 fully saturated rings. The lowest BCUT2D eigenvalue weighted by molar-refractivity contribution is 0.0997. The SMILES string of the molecule is CCN1CCN(S(=O)(=O)c2cccc(NC(=O)c3ccc(-c4ccc(F)cc4)o3)c2)CC1. The standard InChI is InChI=1S/C23H24FN3O4S/c1-2-26-12-14-27(15-13-26)32(29,30)20-5-3-4-19(16-20)25-23(28)22-11-10-21(31-22)17-6-8-18(24)9-7-17/h3-11,16H,2,12-15H2,1H3,(H,25,28). The van der Waals surface area contributed by atoms with E-state index in [-0.39, 0.29) is 16.5 Å². The number of carbonyl (C=O) groups is 1. The van der Waals surface area contributed by atoms with E-state index < -0.39 is 15.9 Å². The summed E-state index contributed by atoms with van der Waals surface area (Å²) >= 11 is 0. The van der Waals surface area contributed by atoms with Crippen molar-refractivity contribution in [3.63, 3.8) is 0 Å². The number of piperazine rings is 1. The first kappa shape index (κ1) is 22.2. The van der Waals surface area contributed by atoms with Gasteiger partial charge in [-0.25, -0.2) is 12.8 Å². The van der Waals surface area contributed by atoms with E-state index in [1.54, 1.807) is 30.3 Å². The third kappa shape index (κ3) is 4.74. The molecular formula is C23H24FN3O4S. The number of carbonyl (C=O) groups excluding carboxylic acids is 1. The predicted octanol–water partition coefficient (Wildman–Crippen LogP) is 3.66. The van der Waals surface area contributed by atoms with Crippen LogP contribution in [0.1, 0.15) is 17.5 Å². The molecule has 32 heavy (non-hydrogen) atoms. The molecule has 0 spiro atoms. The molecular weight excluding hydrogens is 433 g/mol. The van der Waals surface area contributed by atoms with Crippen LogP contribution in [0.4, 0.5) is 10.1 Å². The van der Waals surface area contributed by atoms with Crippen molar-refractivity contribution in [1.82, 2.24) is 9.21 Å². The summed E-state index contributed by atoms with van der Waals surface area (Å²) in [7, 11) is -3.65. The molecule has 1 aliphatic rings. The Bertz CT molecular complexity index is 1200. The van der Waals surface area contributed by atoms with Gasteiger partial charge in [-0.2, -0.15) is 4.31 Å². The number of anilines is 1. The van der Waals surface area contributed by atoms with Crippen molar-refractivity contribution in [2.24, 2.45) is 0 Å². The second-order valence-corrected chi connectivity index (χ2v) is 9.43. The van der Waals surface area contributed by atoms with E-state index in [2.05, 4.69) is 17.1 Å². The third-order valence-corrected chi connectivity index (χ3v) is 7.36. The quantitative estimate of drug-likeness (QED) is 0.611. The average Bonchev–Trinajstić information content (AvgIpc) is 3.30. The molecule has 168 valence electrons. The maximum atomic E-state index is 13.1. The summed E-state index contributed by atoms with van der Waals surface area (Å²) in [5, 5.41) is 2.68. The van der Waals surface area contributed by atoms with E-state index in [0.717, 1.165) is 6.54 Å². The van der Waals surface area contributed by atoms with E-state index in [1.807, 2.05) is 0 Å². The van der Waals surface area contributed by atoms with Crippen LogP contribution in [0.2, 0.25) is 0 Å². The monoisotopic (exact) mass is 457 g/mol. The third-order valence-electron chi connectivity index (χ3n) is 5.47.